The lowest BCUT2D eigenvalue weighted by Gasteiger charge is -2.48. The first-order valence-electron chi connectivity index (χ1n) is 11.8. The van der Waals surface area contributed by atoms with Gasteiger partial charge in [0, 0.05) is 25.4 Å². The lowest BCUT2D eigenvalue weighted by atomic mass is 9.61. The van der Waals surface area contributed by atoms with Crippen molar-refractivity contribution in [1.82, 2.24) is 14.9 Å². The number of likely N-dealkylation sites (N-methyl/N-ethyl adjacent to an activating group) is 1. The van der Waals surface area contributed by atoms with E-state index in [2.05, 4.69) is 53.3 Å². The van der Waals surface area contributed by atoms with E-state index in [0.717, 1.165) is 61.4 Å². The molecule has 32 heavy (non-hydrogen) atoms. The van der Waals surface area contributed by atoms with Crippen LogP contribution in [-0.4, -0.2) is 52.8 Å². The minimum Gasteiger partial charge on any atom is -0.494 e. The van der Waals surface area contributed by atoms with Gasteiger partial charge in [-0.3, -0.25) is 0 Å². The molecular weight excluding hydrogens is 398 g/mol. The molecule has 1 saturated carbocycles. The van der Waals surface area contributed by atoms with Crippen LogP contribution in [0.2, 0.25) is 0 Å². The molecule has 3 aliphatic rings. The maximum absolute atomic E-state index is 11.5. The predicted molar refractivity (Wildman–Crippen MR) is 129 cm³/mol. The van der Waals surface area contributed by atoms with Gasteiger partial charge in [-0.05, 0) is 61.9 Å². The quantitative estimate of drug-likeness (QED) is 0.544. The molecule has 3 aliphatic carbocycles. The zero-order chi connectivity index (χ0) is 22.1. The molecule has 0 amide bonds. The summed E-state index contributed by atoms with van der Waals surface area (Å²) < 4.78 is 5.42. The summed E-state index contributed by atoms with van der Waals surface area (Å²) in [6.45, 7) is 1.79. The molecule has 6 rings (SSSR count). The largest absolute Gasteiger partial charge is 0.494 e. The Morgan fingerprint density at radius 2 is 1.97 bits per heavy atom. The Morgan fingerprint density at radius 3 is 2.72 bits per heavy atom. The summed E-state index contributed by atoms with van der Waals surface area (Å²) in [5.41, 5.74) is 4.09. The highest BCUT2D eigenvalue weighted by atomic mass is 16.5. The Kier molecular flexibility index (Phi) is 5.78. The predicted octanol–water partition coefficient (Wildman–Crippen LogP) is 4.68. The van der Waals surface area contributed by atoms with Crippen LogP contribution in [0, 0.1) is 11.8 Å². The van der Waals surface area contributed by atoms with E-state index < -0.39 is 5.60 Å². The first-order chi connectivity index (χ1) is 15.6. The number of nitrogens with zero attached hydrogens (tertiary/aromatic N) is 2. The van der Waals surface area contributed by atoms with E-state index in [4.69, 9.17) is 9.72 Å². The van der Waals surface area contributed by atoms with Crippen LogP contribution in [0.3, 0.4) is 0 Å². The second-order valence-corrected chi connectivity index (χ2v) is 9.52. The van der Waals surface area contributed by atoms with Crippen molar-refractivity contribution < 1.29 is 9.84 Å². The number of nitrogens with one attached hydrogen (secondary N) is 1. The molecule has 2 bridgehead atoms. The average molecular weight is 432 g/mol. The van der Waals surface area contributed by atoms with E-state index in [1.54, 1.807) is 7.11 Å². The van der Waals surface area contributed by atoms with E-state index in [9.17, 15) is 5.11 Å². The molecule has 5 heteroatoms. The van der Waals surface area contributed by atoms with E-state index >= 15 is 0 Å². The van der Waals surface area contributed by atoms with Gasteiger partial charge in [-0.2, -0.15) is 0 Å². The van der Waals surface area contributed by atoms with Crippen molar-refractivity contribution in [2.75, 3.05) is 27.2 Å². The Morgan fingerprint density at radius 1 is 1.12 bits per heavy atom. The number of hydrogen-bond donors (Lipinski definition) is 2. The molecule has 0 aliphatic heterocycles. The number of imidazole rings is 1. The summed E-state index contributed by atoms with van der Waals surface area (Å²) in [5.74, 6) is 2.51. The number of allylic oxidation sites excluding steroid dienone is 1. The number of rotatable bonds is 8. The Balaban J connectivity index is 1.19. The number of aliphatic hydroxyl groups is 1. The van der Waals surface area contributed by atoms with Crippen LogP contribution in [-0.2, 0) is 6.42 Å². The normalized spacial score (nSPS) is 24.8. The highest BCUT2D eigenvalue weighted by Gasteiger charge is 2.46. The van der Waals surface area contributed by atoms with Gasteiger partial charge in [-0.25, -0.2) is 4.98 Å². The van der Waals surface area contributed by atoms with Crippen LogP contribution >= 0.6 is 0 Å². The lowest BCUT2D eigenvalue weighted by Crippen LogP contribution is -2.48. The molecule has 0 unspecified atom stereocenters. The number of benzene rings is 2. The Bertz CT molecular complexity index is 1110. The van der Waals surface area contributed by atoms with Crippen molar-refractivity contribution in [1.29, 1.82) is 0 Å². The van der Waals surface area contributed by atoms with E-state index in [-0.39, 0.29) is 5.92 Å². The SMILES string of the molecule is COc1cccc2[nH]c(CCN(C)CC[C@]3(O)C[C@H]4CC[C@@H]3C=C4c3ccccc3)nc12. The number of aromatic nitrogens is 2. The number of fused-ring (bicyclic) bond motifs is 3. The molecule has 5 nitrogen and oxygen atoms in total. The van der Waals surface area contributed by atoms with Gasteiger partial charge in [0.15, 0.2) is 0 Å². The number of H-pyrrole nitrogens is 1. The minimum atomic E-state index is -0.581. The second-order valence-electron chi connectivity index (χ2n) is 9.52. The van der Waals surface area contributed by atoms with Crippen molar-refractivity contribution in [3.63, 3.8) is 0 Å². The van der Waals surface area contributed by atoms with Crippen LogP contribution in [0.5, 0.6) is 5.75 Å². The summed E-state index contributed by atoms with van der Waals surface area (Å²) in [4.78, 5) is 10.4. The van der Waals surface area contributed by atoms with E-state index in [1.807, 2.05) is 18.2 Å². The third-order valence-corrected chi connectivity index (χ3v) is 7.45. The van der Waals surface area contributed by atoms with Gasteiger partial charge in [-0.1, -0.05) is 42.5 Å². The molecule has 3 aromatic rings. The third kappa shape index (κ3) is 4.07. The highest BCUT2D eigenvalue weighted by Crippen LogP contribution is 2.51. The van der Waals surface area contributed by atoms with E-state index in [1.165, 1.54) is 17.6 Å². The molecule has 1 fully saturated rings. The zero-order valence-corrected chi connectivity index (χ0v) is 19.1. The van der Waals surface area contributed by atoms with Crippen molar-refractivity contribution in [2.24, 2.45) is 11.8 Å². The van der Waals surface area contributed by atoms with Crippen molar-refractivity contribution >= 4 is 16.6 Å². The molecule has 0 radical (unpaired) electrons. The number of para-hydroxylation sites is 1. The van der Waals surface area contributed by atoms with Gasteiger partial charge in [-0.15, -0.1) is 0 Å². The van der Waals surface area contributed by atoms with Crippen LogP contribution in [0.4, 0.5) is 0 Å². The fourth-order valence-electron chi connectivity index (χ4n) is 5.57. The van der Waals surface area contributed by atoms with Gasteiger partial charge in [0.2, 0.25) is 0 Å². The van der Waals surface area contributed by atoms with Gasteiger partial charge in [0.1, 0.15) is 17.1 Å². The van der Waals surface area contributed by atoms with E-state index in [0.29, 0.717) is 5.92 Å². The minimum absolute atomic E-state index is 0.263. The van der Waals surface area contributed by atoms with Gasteiger partial charge < -0.3 is 19.7 Å². The second kappa shape index (κ2) is 8.72. The van der Waals surface area contributed by atoms with Crippen molar-refractivity contribution in [2.45, 2.75) is 37.7 Å². The molecule has 3 atom stereocenters. The first-order valence-corrected chi connectivity index (χ1v) is 11.8. The average Bonchev–Trinajstić information content (AvgIpc) is 3.25. The Labute approximate surface area is 190 Å². The molecule has 1 aromatic heterocycles. The zero-order valence-electron chi connectivity index (χ0n) is 19.1. The van der Waals surface area contributed by atoms with Crippen LogP contribution < -0.4 is 4.74 Å². The molecule has 1 heterocycles. The molecular formula is C27H33N3O2. The first kappa shape index (κ1) is 21.2. The molecule has 2 aromatic carbocycles. The van der Waals surface area contributed by atoms with Crippen LogP contribution in [0.25, 0.3) is 16.6 Å². The van der Waals surface area contributed by atoms with Crippen molar-refractivity contribution in [3.05, 3.63) is 66.0 Å². The van der Waals surface area contributed by atoms with Crippen LogP contribution in [0.15, 0.2) is 54.6 Å². The Hall–Kier alpha value is -2.63. The fraction of sp³-hybridized carbons (Fsp3) is 0.444. The standard InChI is InChI=1S/C27H33N3O2/c1-30(15-13-25-28-23-9-6-10-24(32-2)26(23)29-25)16-14-27(31)18-20-11-12-21(27)17-22(20)19-7-4-3-5-8-19/h3-10,17,20-21,31H,11-16,18H2,1-2H3,(H,28,29)/t20-,21-,27+/m1/s1. The molecule has 168 valence electrons. The molecule has 2 N–H and O–H groups in total. The monoisotopic (exact) mass is 431 g/mol. The summed E-state index contributed by atoms with van der Waals surface area (Å²) in [7, 11) is 3.82. The van der Waals surface area contributed by atoms with Crippen LogP contribution in [0.1, 0.15) is 37.1 Å². The van der Waals surface area contributed by atoms with Gasteiger partial charge in [0.05, 0.1) is 18.2 Å². The fourth-order valence-corrected chi connectivity index (χ4v) is 5.57. The number of methoxy groups -OCH3 is 1. The maximum atomic E-state index is 11.5. The summed E-state index contributed by atoms with van der Waals surface area (Å²) in [6, 6.07) is 16.6. The molecule has 0 spiro atoms. The number of hydrogen-bond acceptors (Lipinski definition) is 4. The van der Waals surface area contributed by atoms with Crippen molar-refractivity contribution in [3.8, 4) is 5.75 Å². The third-order valence-electron chi connectivity index (χ3n) is 7.45. The maximum Gasteiger partial charge on any atom is 0.146 e. The summed E-state index contributed by atoms with van der Waals surface area (Å²) in [5, 5.41) is 11.5. The molecule has 0 saturated heterocycles. The lowest BCUT2D eigenvalue weighted by molar-refractivity contribution is -0.0574. The topological polar surface area (TPSA) is 61.4 Å². The van der Waals surface area contributed by atoms with Gasteiger partial charge >= 0.3 is 0 Å². The number of ether oxygens (including phenoxy) is 1. The van der Waals surface area contributed by atoms with Gasteiger partial charge in [0.25, 0.3) is 0 Å². The highest BCUT2D eigenvalue weighted by molar-refractivity contribution is 5.81. The summed E-state index contributed by atoms with van der Waals surface area (Å²) in [6.07, 6.45) is 7.21. The summed E-state index contributed by atoms with van der Waals surface area (Å²) >= 11 is 0. The number of aromatic amines is 1. The smallest absolute Gasteiger partial charge is 0.146 e.